The van der Waals surface area contributed by atoms with Crippen LogP contribution in [0.1, 0.15) is 27.9 Å². The number of aromatic nitrogens is 3. The lowest BCUT2D eigenvalue weighted by Gasteiger charge is -2.36. The predicted molar refractivity (Wildman–Crippen MR) is 157 cm³/mol. The SMILES string of the molecule is COCCCN(C)C(=O)c1ccc(-c2c[nH]c3nnc(-c4cc(C)c(N5CCN(C)CC5)c(C)c4)cc23)cc1. The average Bonchev–Trinajstić information content (AvgIpc) is 3.37. The molecule has 1 N–H and O–H groups in total. The third kappa shape index (κ3) is 5.67. The number of hydrogen-bond acceptors (Lipinski definition) is 6. The van der Waals surface area contributed by atoms with Crippen LogP contribution in [0, 0.1) is 13.8 Å². The van der Waals surface area contributed by atoms with Gasteiger partial charge in [0, 0.05) is 87.4 Å². The van der Waals surface area contributed by atoms with Crippen molar-refractivity contribution in [2.24, 2.45) is 0 Å². The number of H-pyrrole nitrogens is 1. The van der Waals surface area contributed by atoms with E-state index in [0.717, 1.165) is 66.0 Å². The van der Waals surface area contributed by atoms with E-state index in [9.17, 15) is 4.79 Å². The first-order valence-electron chi connectivity index (χ1n) is 13.6. The summed E-state index contributed by atoms with van der Waals surface area (Å²) < 4.78 is 5.10. The van der Waals surface area contributed by atoms with E-state index in [1.54, 1.807) is 12.0 Å². The molecule has 3 heterocycles. The first kappa shape index (κ1) is 26.8. The van der Waals surface area contributed by atoms with Crippen molar-refractivity contribution in [3.05, 3.63) is 65.4 Å². The Labute approximate surface area is 230 Å². The summed E-state index contributed by atoms with van der Waals surface area (Å²) in [5.41, 5.74) is 9.26. The number of anilines is 1. The maximum atomic E-state index is 12.8. The number of aryl methyl sites for hydroxylation is 2. The number of carbonyl (C=O) groups is 1. The van der Waals surface area contributed by atoms with Gasteiger partial charge in [0.1, 0.15) is 0 Å². The minimum absolute atomic E-state index is 0.00972. The maximum absolute atomic E-state index is 12.8. The summed E-state index contributed by atoms with van der Waals surface area (Å²) in [5, 5.41) is 10.0. The minimum atomic E-state index is 0.00972. The first-order valence-corrected chi connectivity index (χ1v) is 13.6. The quantitative estimate of drug-likeness (QED) is 0.333. The van der Waals surface area contributed by atoms with E-state index in [1.165, 1.54) is 16.8 Å². The lowest BCUT2D eigenvalue weighted by Crippen LogP contribution is -2.45. The van der Waals surface area contributed by atoms with Crippen LogP contribution < -0.4 is 4.90 Å². The van der Waals surface area contributed by atoms with Gasteiger partial charge in [0.25, 0.3) is 5.91 Å². The van der Waals surface area contributed by atoms with Crippen LogP contribution in [0.5, 0.6) is 0 Å². The van der Waals surface area contributed by atoms with Crippen molar-refractivity contribution >= 4 is 22.6 Å². The Hall–Kier alpha value is -3.75. The van der Waals surface area contributed by atoms with Gasteiger partial charge in [-0.25, -0.2) is 0 Å². The third-order valence-electron chi connectivity index (χ3n) is 7.68. The molecular weight excluding hydrogens is 488 g/mol. The van der Waals surface area contributed by atoms with Gasteiger partial charge in [0.05, 0.1) is 5.69 Å². The fraction of sp³-hybridized carbons (Fsp3) is 0.387. The highest BCUT2D eigenvalue weighted by molar-refractivity contribution is 5.97. The molecule has 0 aliphatic carbocycles. The molecule has 39 heavy (non-hydrogen) atoms. The lowest BCUT2D eigenvalue weighted by molar-refractivity contribution is 0.0779. The Morgan fingerprint density at radius 3 is 2.36 bits per heavy atom. The Kier molecular flexibility index (Phi) is 7.95. The van der Waals surface area contributed by atoms with Crippen LogP contribution in [0.3, 0.4) is 0 Å². The summed E-state index contributed by atoms with van der Waals surface area (Å²) in [6.07, 6.45) is 2.77. The van der Waals surface area contributed by atoms with Crippen molar-refractivity contribution in [2.75, 3.05) is 65.4 Å². The molecule has 0 unspecified atom stereocenters. The van der Waals surface area contributed by atoms with Gasteiger partial charge in [-0.05, 0) is 74.3 Å². The molecule has 1 saturated heterocycles. The molecule has 5 rings (SSSR count). The molecule has 0 bridgehead atoms. The number of nitrogens with zero attached hydrogens (tertiary/aromatic N) is 5. The second-order valence-corrected chi connectivity index (χ2v) is 10.6. The van der Waals surface area contributed by atoms with E-state index in [2.05, 4.69) is 64.1 Å². The van der Waals surface area contributed by atoms with Gasteiger partial charge in [0.15, 0.2) is 5.65 Å². The van der Waals surface area contributed by atoms with Gasteiger partial charge >= 0.3 is 0 Å². The van der Waals surface area contributed by atoms with E-state index in [1.807, 2.05) is 37.5 Å². The first-order chi connectivity index (χ1) is 18.9. The smallest absolute Gasteiger partial charge is 0.253 e. The number of likely N-dealkylation sites (N-methyl/N-ethyl adjacent to an activating group) is 1. The number of benzene rings is 2. The molecule has 2 aromatic heterocycles. The molecule has 0 spiro atoms. The lowest BCUT2D eigenvalue weighted by atomic mass is 9.99. The molecule has 2 aromatic carbocycles. The summed E-state index contributed by atoms with van der Waals surface area (Å²) in [5.74, 6) is 0.00972. The second kappa shape index (κ2) is 11.6. The number of aromatic amines is 1. The summed E-state index contributed by atoms with van der Waals surface area (Å²) in [6.45, 7) is 9.94. The van der Waals surface area contributed by atoms with E-state index < -0.39 is 0 Å². The number of rotatable bonds is 8. The summed E-state index contributed by atoms with van der Waals surface area (Å²) in [6, 6.07) is 14.3. The zero-order valence-electron chi connectivity index (χ0n) is 23.6. The van der Waals surface area contributed by atoms with Gasteiger partial charge in [-0.2, -0.15) is 0 Å². The van der Waals surface area contributed by atoms with Crippen molar-refractivity contribution in [1.82, 2.24) is 25.0 Å². The maximum Gasteiger partial charge on any atom is 0.253 e. The van der Waals surface area contributed by atoms with Crippen molar-refractivity contribution in [3.8, 4) is 22.4 Å². The van der Waals surface area contributed by atoms with Gasteiger partial charge < -0.3 is 24.4 Å². The highest BCUT2D eigenvalue weighted by Gasteiger charge is 2.19. The molecular formula is C31H38N6O2. The summed E-state index contributed by atoms with van der Waals surface area (Å²) in [7, 11) is 5.68. The van der Waals surface area contributed by atoms with Gasteiger partial charge in [0.2, 0.25) is 0 Å². The minimum Gasteiger partial charge on any atom is -0.385 e. The standard InChI is InChI=1S/C31H38N6O2/c1-21-17-25(18-22(2)29(21)37-14-12-35(3)13-15-37)28-19-26-27(20-32-30(26)34-33-28)23-7-9-24(10-8-23)31(38)36(4)11-6-16-39-5/h7-10,17-20H,6,11-16H2,1-5H3,(H,32,34). The van der Waals surface area contributed by atoms with E-state index >= 15 is 0 Å². The fourth-order valence-corrected chi connectivity index (χ4v) is 5.49. The largest absolute Gasteiger partial charge is 0.385 e. The summed E-state index contributed by atoms with van der Waals surface area (Å²) >= 11 is 0. The molecule has 8 heteroatoms. The second-order valence-electron chi connectivity index (χ2n) is 10.6. The molecule has 0 saturated carbocycles. The Bertz CT molecular complexity index is 1430. The molecule has 204 valence electrons. The number of methoxy groups -OCH3 is 1. The molecule has 1 amide bonds. The number of nitrogens with one attached hydrogen (secondary N) is 1. The third-order valence-corrected chi connectivity index (χ3v) is 7.68. The Morgan fingerprint density at radius 1 is 1.00 bits per heavy atom. The molecule has 1 fully saturated rings. The monoisotopic (exact) mass is 526 g/mol. The molecule has 0 atom stereocenters. The highest BCUT2D eigenvalue weighted by atomic mass is 16.5. The van der Waals surface area contributed by atoms with Crippen LogP contribution in [-0.4, -0.2) is 91.4 Å². The molecule has 1 aliphatic rings. The van der Waals surface area contributed by atoms with Crippen LogP contribution >= 0.6 is 0 Å². The number of piperazine rings is 1. The molecule has 4 aromatic rings. The topological polar surface area (TPSA) is 77.6 Å². The number of hydrogen-bond donors (Lipinski definition) is 1. The molecule has 0 radical (unpaired) electrons. The highest BCUT2D eigenvalue weighted by Crippen LogP contribution is 2.34. The van der Waals surface area contributed by atoms with E-state index in [4.69, 9.17) is 4.74 Å². The van der Waals surface area contributed by atoms with Crippen LogP contribution in [0.2, 0.25) is 0 Å². The van der Waals surface area contributed by atoms with Gasteiger partial charge in [-0.3, -0.25) is 4.79 Å². The average molecular weight is 527 g/mol. The molecule has 1 aliphatic heterocycles. The fourth-order valence-electron chi connectivity index (χ4n) is 5.49. The van der Waals surface area contributed by atoms with Crippen molar-refractivity contribution < 1.29 is 9.53 Å². The normalized spacial score (nSPS) is 14.2. The zero-order valence-corrected chi connectivity index (χ0v) is 23.6. The van der Waals surface area contributed by atoms with E-state index in [0.29, 0.717) is 18.7 Å². The Morgan fingerprint density at radius 2 is 1.69 bits per heavy atom. The van der Waals surface area contributed by atoms with Crippen LogP contribution in [0.25, 0.3) is 33.4 Å². The number of ether oxygens (including phenoxy) is 1. The van der Waals surface area contributed by atoms with Crippen molar-refractivity contribution in [3.63, 3.8) is 0 Å². The predicted octanol–water partition coefficient (Wildman–Crippen LogP) is 4.77. The Balaban J connectivity index is 1.40. The zero-order chi connectivity index (χ0) is 27.5. The summed E-state index contributed by atoms with van der Waals surface area (Å²) in [4.78, 5) is 22.7. The van der Waals surface area contributed by atoms with Crippen LogP contribution in [-0.2, 0) is 4.74 Å². The van der Waals surface area contributed by atoms with Crippen LogP contribution in [0.4, 0.5) is 5.69 Å². The number of amides is 1. The van der Waals surface area contributed by atoms with E-state index in [-0.39, 0.29) is 5.91 Å². The number of fused-ring (bicyclic) bond motifs is 1. The van der Waals surface area contributed by atoms with Gasteiger partial charge in [-0.1, -0.05) is 12.1 Å². The number of carbonyl (C=O) groups excluding carboxylic acids is 1. The van der Waals surface area contributed by atoms with Crippen molar-refractivity contribution in [2.45, 2.75) is 20.3 Å². The van der Waals surface area contributed by atoms with Gasteiger partial charge in [-0.15, -0.1) is 10.2 Å². The van der Waals surface area contributed by atoms with Crippen molar-refractivity contribution in [1.29, 1.82) is 0 Å². The molecule has 8 nitrogen and oxygen atoms in total. The van der Waals surface area contributed by atoms with Crippen LogP contribution in [0.15, 0.2) is 48.7 Å².